The average molecular weight is 218 g/mol. The van der Waals surface area contributed by atoms with Gasteiger partial charge in [-0.1, -0.05) is 24.3 Å². The van der Waals surface area contributed by atoms with E-state index in [9.17, 15) is 4.79 Å². The van der Waals surface area contributed by atoms with Gasteiger partial charge in [-0.2, -0.15) is 0 Å². The summed E-state index contributed by atoms with van der Waals surface area (Å²) in [5, 5.41) is 2.94. The fraction of sp³-hybridized carbons (Fsp3) is 0.462. The van der Waals surface area contributed by atoms with E-state index in [0.717, 1.165) is 11.1 Å². The highest BCUT2D eigenvalue weighted by Crippen LogP contribution is 2.32. The summed E-state index contributed by atoms with van der Waals surface area (Å²) < 4.78 is 0. The van der Waals surface area contributed by atoms with E-state index in [1.54, 1.807) is 0 Å². The lowest BCUT2D eigenvalue weighted by molar-refractivity contribution is -0.121. The molecule has 1 saturated carbocycles. The molecule has 3 N–H and O–H groups in total. The van der Waals surface area contributed by atoms with Gasteiger partial charge in [0, 0.05) is 19.5 Å². The minimum atomic E-state index is 0.167. The SMILES string of the molecule is NCc1cccc(CNC(=O)CC2CC2)c1. The second kappa shape index (κ2) is 5.12. The molecule has 16 heavy (non-hydrogen) atoms. The molecule has 0 heterocycles. The van der Waals surface area contributed by atoms with Crippen molar-refractivity contribution in [3.63, 3.8) is 0 Å². The molecular formula is C13H18N2O. The van der Waals surface area contributed by atoms with E-state index in [4.69, 9.17) is 5.73 Å². The van der Waals surface area contributed by atoms with Crippen molar-refractivity contribution in [3.8, 4) is 0 Å². The average Bonchev–Trinajstić information content (AvgIpc) is 3.10. The van der Waals surface area contributed by atoms with Crippen LogP contribution in [0.2, 0.25) is 0 Å². The normalized spacial score (nSPS) is 14.8. The van der Waals surface area contributed by atoms with E-state index in [0.29, 0.717) is 25.4 Å². The van der Waals surface area contributed by atoms with Gasteiger partial charge in [0.1, 0.15) is 0 Å². The van der Waals surface area contributed by atoms with Crippen LogP contribution in [0.15, 0.2) is 24.3 Å². The summed E-state index contributed by atoms with van der Waals surface area (Å²) in [5.41, 5.74) is 7.78. The monoisotopic (exact) mass is 218 g/mol. The zero-order chi connectivity index (χ0) is 11.4. The third kappa shape index (κ3) is 3.35. The molecule has 1 amide bonds. The van der Waals surface area contributed by atoms with Crippen LogP contribution in [0.5, 0.6) is 0 Å². The van der Waals surface area contributed by atoms with E-state index in [2.05, 4.69) is 5.32 Å². The number of benzene rings is 1. The summed E-state index contributed by atoms with van der Waals surface area (Å²) in [6.45, 7) is 1.16. The molecule has 1 fully saturated rings. The molecule has 3 nitrogen and oxygen atoms in total. The van der Waals surface area contributed by atoms with E-state index >= 15 is 0 Å². The second-order valence-electron chi connectivity index (χ2n) is 4.45. The predicted octanol–water partition coefficient (Wildman–Crippen LogP) is 1.56. The number of amides is 1. The van der Waals surface area contributed by atoms with Gasteiger partial charge in [-0.05, 0) is 29.9 Å². The molecule has 1 aromatic rings. The highest BCUT2D eigenvalue weighted by atomic mass is 16.1. The molecule has 1 aromatic carbocycles. The Labute approximate surface area is 96.0 Å². The number of rotatable bonds is 5. The Morgan fingerprint density at radius 1 is 1.38 bits per heavy atom. The van der Waals surface area contributed by atoms with Crippen LogP contribution in [0.4, 0.5) is 0 Å². The predicted molar refractivity (Wildman–Crippen MR) is 63.5 cm³/mol. The Balaban J connectivity index is 1.80. The molecule has 0 atom stereocenters. The molecule has 0 spiro atoms. The van der Waals surface area contributed by atoms with Crippen LogP contribution < -0.4 is 11.1 Å². The van der Waals surface area contributed by atoms with E-state index in [-0.39, 0.29) is 5.91 Å². The van der Waals surface area contributed by atoms with Crippen molar-refractivity contribution >= 4 is 5.91 Å². The number of carbonyl (C=O) groups is 1. The van der Waals surface area contributed by atoms with Gasteiger partial charge in [0.15, 0.2) is 0 Å². The third-order valence-corrected chi connectivity index (χ3v) is 2.89. The lowest BCUT2D eigenvalue weighted by Crippen LogP contribution is -2.22. The highest BCUT2D eigenvalue weighted by Gasteiger charge is 2.23. The van der Waals surface area contributed by atoms with Crippen LogP contribution in [0.3, 0.4) is 0 Å². The van der Waals surface area contributed by atoms with Crippen molar-refractivity contribution in [2.24, 2.45) is 11.7 Å². The van der Waals surface area contributed by atoms with Gasteiger partial charge in [-0.15, -0.1) is 0 Å². The summed E-state index contributed by atoms with van der Waals surface area (Å²) in [6.07, 6.45) is 3.13. The fourth-order valence-corrected chi connectivity index (χ4v) is 1.72. The Morgan fingerprint density at radius 2 is 2.12 bits per heavy atom. The number of nitrogens with two attached hydrogens (primary N) is 1. The van der Waals surface area contributed by atoms with Crippen molar-refractivity contribution in [1.82, 2.24) is 5.32 Å². The number of nitrogens with one attached hydrogen (secondary N) is 1. The third-order valence-electron chi connectivity index (χ3n) is 2.89. The number of carbonyl (C=O) groups excluding carboxylic acids is 1. The van der Waals surface area contributed by atoms with Crippen molar-refractivity contribution in [3.05, 3.63) is 35.4 Å². The maximum atomic E-state index is 11.5. The minimum Gasteiger partial charge on any atom is -0.352 e. The van der Waals surface area contributed by atoms with E-state index in [1.807, 2.05) is 24.3 Å². The molecule has 0 radical (unpaired) electrons. The molecule has 0 unspecified atom stereocenters. The van der Waals surface area contributed by atoms with Gasteiger partial charge in [-0.25, -0.2) is 0 Å². The zero-order valence-corrected chi connectivity index (χ0v) is 9.41. The standard InChI is InChI=1S/C13H18N2O/c14-8-11-2-1-3-12(6-11)9-15-13(16)7-10-4-5-10/h1-3,6,10H,4-5,7-9,14H2,(H,15,16). The summed E-state index contributed by atoms with van der Waals surface area (Å²) >= 11 is 0. The summed E-state index contributed by atoms with van der Waals surface area (Å²) in [6, 6.07) is 8.02. The van der Waals surface area contributed by atoms with Crippen LogP contribution in [-0.2, 0) is 17.9 Å². The zero-order valence-electron chi connectivity index (χ0n) is 9.41. The lowest BCUT2D eigenvalue weighted by Gasteiger charge is -2.06. The van der Waals surface area contributed by atoms with Crippen molar-refractivity contribution < 1.29 is 4.79 Å². The molecule has 0 aromatic heterocycles. The molecular weight excluding hydrogens is 200 g/mol. The molecule has 3 heteroatoms. The smallest absolute Gasteiger partial charge is 0.220 e. The van der Waals surface area contributed by atoms with Gasteiger partial charge in [0.2, 0.25) is 5.91 Å². The van der Waals surface area contributed by atoms with Gasteiger partial charge in [0.05, 0.1) is 0 Å². The topological polar surface area (TPSA) is 55.1 Å². The van der Waals surface area contributed by atoms with E-state index in [1.165, 1.54) is 12.8 Å². The van der Waals surface area contributed by atoms with Crippen molar-refractivity contribution in [2.75, 3.05) is 0 Å². The minimum absolute atomic E-state index is 0.167. The molecule has 0 bridgehead atoms. The largest absolute Gasteiger partial charge is 0.352 e. The Hall–Kier alpha value is -1.35. The first-order valence-electron chi connectivity index (χ1n) is 5.82. The summed E-state index contributed by atoms with van der Waals surface area (Å²) in [4.78, 5) is 11.5. The lowest BCUT2D eigenvalue weighted by atomic mass is 10.1. The quantitative estimate of drug-likeness (QED) is 0.788. The first-order valence-corrected chi connectivity index (χ1v) is 5.82. The van der Waals surface area contributed by atoms with E-state index < -0.39 is 0 Å². The van der Waals surface area contributed by atoms with Gasteiger partial charge >= 0.3 is 0 Å². The Bertz CT molecular complexity index is 372. The molecule has 1 aliphatic carbocycles. The van der Waals surface area contributed by atoms with Gasteiger partial charge in [-0.3, -0.25) is 4.79 Å². The number of hydrogen-bond donors (Lipinski definition) is 2. The summed E-state index contributed by atoms with van der Waals surface area (Å²) in [7, 11) is 0. The van der Waals surface area contributed by atoms with Gasteiger partial charge < -0.3 is 11.1 Å². The maximum Gasteiger partial charge on any atom is 0.220 e. The fourth-order valence-electron chi connectivity index (χ4n) is 1.72. The van der Waals surface area contributed by atoms with Crippen molar-refractivity contribution in [2.45, 2.75) is 32.4 Å². The van der Waals surface area contributed by atoms with Crippen LogP contribution in [0.25, 0.3) is 0 Å². The summed E-state index contributed by atoms with van der Waals surface area (Å²) in [5.74, 6) is 0.816. The second-order valence-corrected chi connectivity index (χ2v) is 4.45. The molecule has 0 saturated heterocycles. The first kappa shape index (κ1) is 11.1. The Kier molecular flexibility index (Phi) is 3.57. The van der Waals surface area contributed by atoms with Crippen LogP contribution in [0, 0.1) is 5.92 Å². The molecule has 1 aliphatic rings. The molecule has 86 valence electrons. The first-order chi connectivity index (χ1) is 7.78. The van der Waals surface area contributed by atoms with Gasteiger partial charge in [0.25, 0.3) is 0 Å². The molecule has 2 rings (SSSR count). The Morgan fingerprint density at radius 3 is 2.81 bits per heavy atom. The highest BCUT2D eigenvalue weighted by molar-refractivity contribution is 5.76. The number of hydrogen-bond acceptors (Lipinski definition) is 2. The van der Waals surface area contributed by atoms with Crippen molar-refractivity contribution in [1.29, 1.82) is 0 Å². The van der Waals surface area contributed by atoms with Crippen LogP contribution >= 0.6 is 0 Å². The molecule has 0 aliphatic heterocycles. The van der Waals surface area contributed by atoms with Crippen LogP contribution in [-0.4, -0.2) is 5.91 Å². The van der Waals surface area contributed by atoms with Crippen LogP contribution in [0.1, 0.15) is 30.4 Å². The maximum absolute atomic E-state index is 11.5.